The zero-order chi connectivity index (χ0) is 17.1. The van der Waals surface area contributed by atoms with Gasteiger partial charge in [0.15, 0.2) is 0 Å². The molecule has 24 heavy (non-hydrogen) atoms. The summed E-state index contributed by atoms with van der Waals surface area (Å²) in [7, 11) is 0. The van der Waals surface area contributed by atoms with Crippen molar-refractivity contribution in [2.45, 2.75) is 57.0 Å². The quantitative estimate of drug-likeness (QED) is 0.587. The van der Waals surface area contributed by atoms with Gasteiger partial charge in [-0.2, -0.15) is 0 Å². The molecule has 0 bridgehead atoms. The van der Waals surface area contributed by atoms with Crippen LogP contribution in [0.4, 0.5) is 0 Å². The van der Waals surface area contributed by atoms with Crippen LogP contribution in [0.2, 0.25) is 0 Å². The van der Waals surface area contributed by atoms with Crippen molar-refractivity contribution < 1.29 is 0 Å². The van der Waals surface area contributed by atoms with E-state index in [1.54, 1.807) is 16.7 Å². The Bertz CT molecular complexity index is 832. The summed E-state index contributed by atoms with van der Waals surface area (Å²) in [5, 5.41) is 0. The Kier molecular flexibility index (Phi) is 3.83. The maximum absolute atomic E-state index is 2.50. The molecule has 2 aromatic carbocycles. The molecule has 0 spiro atoms. The van der Waals surface area contributed by atoms with E-state index in [1.165, 1.54) is 47.1 Å². The molecule has 0 saturated heterocycles. The Balaban J connectivity index is 1.91. The summed E-state index contributed by atoms with van der Waals surface area (Å²) >= 11 is 2.35. The van der Waals surface area contributed by atoms with Crippen LogP contribution in [0, 0.1) is 0 Å². The van der Waals surface area contributed by atoms with Gasteiger partial charge in [-0.05, 0) is 0 Å². The van der Waals surface area contributed by atoms with Gasteiger partial charge >= 0.3 is 156 Å². The first-order valence-corrected chi connectivity index (χ1v) is 9.34. The monoisotopic (exact) mass is 308 g/mol. The summed E-state index contributed by atoms with van der Waals surface area (Å²) in [6.07, 6.45) is 6.23. The van der Waals surface area contributed by atoms with Gasteiger partial charge in [0.25, 0.3) is 0 Å². The third kappa shape index (κ3) is 2.52. The Labute approximate surface area is 155 Å². The van der Waals surface area contributed by atoms with E-state index in [1.807, 2.05) is 0 Å². The summed E-state index contributed by atoms with van der Waals surface area (Å²) in [6.45, 7) is 9.14. The van der Waals surface area contributed by atoms with Gasteiger partial charge in [0.1, 0.15) is 0 Å². The van der Waals surface area contributed by atoms with Gasteiger partial charge < -0.3 is 0 Å². The maximum atomic E-state index is 2.50. The van der Waals surface area contributed by atoms with Gasteiger partial charge in [0, 0.05) is 0 Å². The number of fused-ring (bicyclic) bond motifs is 2. The molecular weight excluding hydrogens is 283 g/mol. The van der Waals surface area contributed by atoms with Crippen LogP contribution in [0.25, 0.3) is 17.2 Å². The van der Waals surface area contributed by atoms with Crippen LogP contribution >= 0.6 is 0 Å². The number of allylic oxidation sites excluding steroid dienone is 1. The zero-order valence-electron chi connectivity index (χ0n) is 15.7. The Morgan fingerprint density at radius 1 is 1.04 bits per heavy atom. The molecule has 1 heteroatoms. The first kappa shape index (κ1) is 16.3. The molecule has 0 N–H and O–H groups in total. The number of hydrogen-bond donors (Lipinski definition) is 0. The standard InChI is InChI=1S/C23H25.Li/c1-15-12-18-14-17-6-5-7-20(17)22(21(18)13-15)16-8-10-19(11-9-16)23(2,3)4;/h8-14H,5-7H2,1-4H3;. The summed E-state index contributed by atoms with van der Waals surface area (Å²) in [4.78, 5) is 0. The second-order valence-corrected chi connectivity index (χ2v) is 8.68. The van der Waals surface area contributed by atoms with E-state index in [0.29, 0.717) is 4.59 Å². The molecule has 0 aromatic heterocycles. The first-order chi connectivity index (χ1) is 11.4. The van der Waals surface area contributed by atoms with Crippen LogP contribution in [0.15, 0.2) is 35.9 Å². The molecule has 0 amide bonds. The van der Waals surface area contributed by atoms with E-state index < -0.39 is 0 Å². The SMILES string of the molecule is [Li][CH]1C(C)=Cc2c1cc1c(c2-c2ccc(C(C)(C)C)cc2)CCC1. The van der Waals surface area contributed by atoms with Crippen molar-refractivity contribution in [3.8, 4) is 11.1 Å². The fraction of sp³-hybridized carbons (Fsp3) is 0.391. The molecule has 0 saturated carbocycles. The fourth-order valence-corrected chi connectivity index (χ4v) is 4.36. The van der Waals surface area contributed by atoms with Gasteiger partial charge in [-0.1, -0.05) is 0 Å². The molecule has 2 aliphatic carbocycles. The molecule has 2 aromatic rings. The molecule has 0 heterocycles. The van der Waals surface area contributed by atoms with Gasteiger partial charge in [-0.15, -0.1) is 0 Å². The van der Waals surface area contributed by atoms with Crippen molar-refractivity contribution in [3.05, 3.63) is 63.7 Å². The molecule has 118 valence electrons. The van der Waals surface area contributed by atoms with Crippen molar-refractivity contribution >= 4 is 23.8 Å². The van der Waals surface area contributed by atoms with Crippen molar-refractivity contribution in [2.75, 3.05) is 0 Å². The van der Waals surface area contributed by atoms with Crippen LogP contribution in [-0.2, 0) is 18.3 Å². The van der Waals surface area contributed by atoms with E-state index in [9.17, 15) is 0 Å². The Hall–Kier alpha value is -1.22. The minimum absolute atomic E-state index is 0.212. The third-order valence-corrected chi connectivity index (χ3v) is 6.03. The second kappa shape index (κ2) is 5.65. The zero-order valence-corrected chi connectivity index (χ0v) is 15.7. The van der Waals surface area contributed by atoms with E-state index in [4.69, 9.17) is 0 Å². The van der Waals surface area contributed by atoms with Gasteiger partial charge in [-0.25, -0.2) is 0 Å². The number of hydrogen-bond acceptors (Lipinski definition) is 0. The molecule has 0 fully saturated rings. The van der Waals surface area contributed by atoms with Crippen LogP contribution in [0.3, 0.4) is 0 Å². The van der Waals surface area contributed by atoms with Crippen LogP contribution in [0.1, 0.15) is 66.5 Å². The van der Waals surface area contributed by atoms with E-state index >= 15 is 0 Å². The van der Waals surface area contributed by atoms with Crippen molar-refractivity contribution in [3.63, 3.8) is 0 Å². The number of rotatable bonds is 1. The average Bonchev–Trinajstić information content (AvgIpc) is 3.10. The van der Waals surface area contributed by atoms with Gasteiger partial charge in [0.05, 0.1) is 0 Å². The van der Waals surface area contributed by atoms with E-state index in [-0.39, 0.29) is 5.41 Å². The first-order valence-electron chi connectivity index (χ1n) is 9.34. The Morgan fingerprint density at radius 2 is 1.75 bits per heavy atom. The Morgan fingerprint density at radius 3 is 2.42 bits per heavy atom. The number of benzene rings is 2. The van der Waals surface area contributed by atoms with Crippen molar-refractivity contribution in [1.82, 2.24) is 0 Å². The molecule has 1 atom stereocenters. The van der Waals surface area contributed by atoms with Crippen LogP contribution in [0.5, 0.6) is 0 Å². The second-order valence-electron chi connectivity index (χ2n) is 8.68. The van der Waals surface area contributed by atoms with Crippen LogP contribution in [-0.4, -0.2) is 17.7 Å². The summed E-state index contributed by atoms with van der Waals surface area (Å²) in [5.74, 6) is 0. The summed E-state index contributed by atoms with van der Waals surface area (Å²) in [6, 6.07) is 11.8. The third-order valence-electron chi connectivity index (χ3n) is 6.03. The van der Waals surface area contributed by atoms with Crippen molar-refractivity contribution in [2.24, 2.45) is 0 Å². The number of aryl methyl sites for hydroxylation is 1. The minimum atomic E-state index is 0.212. The molecule has 0 aliphatic heterocycles. The molecule has 0 nitrogen and oxygen atoms in total. The van der Waals surface area contributed by atoms with Gasteiger partial charge in [-0.3, -0.25) is 0 Å². The molecule has 0 radical (unpaired) electrons. The molecule has 1 unspecified atom stereocenters. The van der Waals surface area contributed by atoms with E-state index in [2.05, 4.69) is 81.8 Å². The summed E-state index contributed by atoms with van der Waals surface area (Å²) in [5.41, 5.74) is 12.3. The topological polar surface area (TPSA) is 0 Å². The predicted octanol–water partition coefficient (Wildman–Crippen LogP) is 5.77. The summed E-state index contributed by atoms with van der Waals surface area (Å²) < 4.78 is 0.568. The normalized spacial score (nSPS) is 19.2. The molecule has 4 rings (SSSR count). The predicted molar refractivity (Wildman–Crippen MR) is 105 cm³/mol. The van der Waals surface area contributed by atoms with Gasteiger partial charge in [0.2, 0.25) is 0 Å². The van der Waals surface area contributed by atoms with E-state index in [0.717, 1.165) is 0 Å². The average molecular weight is 308 g/mol. The molecular formula is C23H25Li. The van der Waals surface area contributed by atoms with Crippen molar-refractivity contribution in [1.29, 1.82) is 0 Å². The fourth-order valence-electron chi connectivity index (χ4n) is 4.36. The molecule has 2 aliphatic rings. The van der Waals surface area contributed by atoms with Crippen LogP contribution < -0.4 is 0 Å².